The Morgan fingerprint density at radius 3 is 2.44 bits per heavy atom. The predicted molar refractivity (Wildman–Crippen MR) is 74.2 cm³/mol. The molecule has 2 unspecified atom stereocenters. The van der Waals surface area contributed by atoms with Gasteiger partial charge in [-0.25, -0.2) is 9.97 Å². The van der Waals surface area contributed by atoms with E-state index in [2.05, 4.69) is 23.7 Å². The largest absolute Gasteiger partial charge is 0.356 e. The highest BCUT2D eigenvalue weighted by atomic mass is 35.5. The van der Waals surface area contributed by atoms with Gasteiger partial charge in [0.2, 0.25) is 0 Å². The van der Waals surface area contributed by atoms with Crippen LogP contribution in [0, 0.1) is 11.8 Å². The highest BCUT2D eigenvalue weighted by molar-refractivity contribution is 6.29. The standard InChI is InChI=1S/C14H20ClN3/c1-9-5-10(2)8-18(7-9)13-6-12(15)16-14(17-13)11-3-4-11/h6,9-11H,3-5,7-8H2,1-2H3. The lowest BCUT2D eigenvalue weighted by Crippen LogP contribution is -2.39. The van der Waals surface area contributed by atoms with E-state index in [0.29, 0.717) is 11.1 Å². The number of rotatable bonds is 2. The summed E-state index contributed by atoms with van der Waals surface area (Å²) in [4.78, 5) is 11.4. The summed E-state index contributed by atoms with van der Waals surface area (Å²) in [6, 6.07) is 1.91. The molecule has 1 saturated carbocycles. The minimum absolute atomic E-state index is 0.557. The molecule has 2 fully saturated rings. The van der Waals surface area contributed by atoms with Gasteiger partial charge in [0.05, 0.1) is 0 Å². The van der Waals surface area contributed by atoms with Crippen LogP contribution in [0.1, 0.15) is 44.9 Å². The molecule has 1 aromatic heterocycles. The average Bonchev–Trinajstić information content (AvgIpc) is 3.10. The van der Waals surface area contributed by atoms with Gasteiger partial charge in [-0.15, -0.1) is 0 Å². The van der Waals surface area contributed by atoms with Crippen LogP contribution in [0.25, 0.3) is 0 Å². The van der Waals surface area contributed by atoms with Gasteiger partial charge in [-0.05, 0) is 31.1 Å². The average molecular weight is 266 g/mol. The van der Waals surface area contributed by atoms with Crippen molar-refractivity contribution in [3.63, 3.8) is 0 Å². The van der Waals surface area contributed by atoms with Crippen LogP contribution in [0.15, 0.2) is 6.07 Å². The number of aromatic nitrogens is 2. The smallest absolute Gasteiger partial charge is 0.135 e. The van der Waals surface area contributed by atoms with Crippen LogP contribution in [0.3, 0.4) is 0 Å². The van der Waals surface area contributed by atoms with E-state index in [4.69, 9.17) is 16.6 Å². The highest BCUT2D eigenvalue weighted by Crippen LogP contribution is 2.39. The van der Waals surface area contributed by atoms with E-state index in [1.54, 1.807) is 0 Å². The first-order valence-corrected chi connectivity index (χ1v) is 7.29. The van der Waals surface area contributed by atoms with Crippen molar-refractivity contribution in [2.45, 2.75) is 39.0 Å². The molecule has 0 amide bonds. The maximum Gasteiger partial charge on any atom is 0.135 e. The van der Waals surface area contributed by atoms with Crippen molar-refractivity contribution >= 4 is 17.4 Å². The van der Waals surface area contributed by atoms with Crippen molar-refractivity contribution in [3.05, 3.63) is 17.0 Å². The summed E-state index contributed by atoms with van der Waals surface area (Å²) < 4.78 is 0. The SMILES string of the molecule is CC1CC(C)CN(c2cc(Cl)nc(C3CC3)n2)C1. The van der Waals surface area contributed by atoms with Gasteiger partial charge in [-0.2, -0.15) is 0 Å². The minimum atomic E-state index is 0.557. The lowest BCUT2D eigenvalue weighted by molar-refractivity contribution is 0.355. The van der Waals surface area contributed by atoms with Gasteiger partial charge in [0.15, 0.2) is 0 Å². The topological polar surface area (TPSA) is 29.0 Å². The third-order valence-electron chi connectivity index (χ3n) is 3.83. The summed E-state index contributed by atoms with van der Waals surface area (Å²) in [5, 5.41) is 0.591. The second-order valence-corrected chi connectivity index (χ2v) is 6.42. The first-order valence-electron chi connectivity index (χ1n) is 6.91. The maximum atomic E-state index is 6.14. The van der Waals surface area contributed by atoms with Crippen LogP contribution < -0.4 is 4.90 Å². The van der Waals surface area contributed by atoms with Crippen LogP contribution >= 0.6 is 11.6 Å². The molecule has 0 N–H and O–H groups in total. The van der Waals surface area contributed by atoms with Crippen molar-refractivity contribution < 1.29 is 0 Å². The molecule has 0 spiro atoms. The van der Waals surface area contributed by atoms with Crippen molar-refractivity contribution in [2.75, 3.05) is 18.0 Å². The summed E-state index contributed by atoms with van der Waals surface area (Å²) in [7, 11) is 0. The summed E-state index contributed by atoms with van der Waals surface area (Å²) in [6.07, 6.45) is 3.74. The van der Waals surface area contributed by atoms with Crippen LogP contribution in [0.5, 0.6) is 0 Å². The third-order valence-corrected chi connectivity index (χ3v) is 4.03. The molecule has 3 rings (SSSR count). The molecule has 2 atom stereocenters. The molecule has 1 aliphatic carbocycles. The Bertz CT molecular complexity index is 435. The number of piperidine rings is 1. The van der Waals surface area contributed by atoms with E-state index >= 15 is 0 Å². The normalized spacial score (nSPS) is 28.5. The molecule has 2 aliphatic rings. The fourth-order valence-electron chi connectivity index (χ4n) is 2.96. The van der Waals surface area contributed by atoms with Gasteiger partial charge >= 0.3 is 0 Å². The van der Waals surface area contributed by atoms with Gasteiger partial charge < -0.3 is 4.90 Å². The predicted octanol–water partition coefficient (Wildman–Crippen LogP) is 3.49. The zero-order chi connectivity index (χ0) is 12.7. The molecule has 0 radical (unpaired) electrons. The molecule has 0 bridgehead atoms. The van der Waals surface area contributed by atoms with Gasteiger partial charge in [-0.1, -0.05) is 25.4 Å². The van der Waals surface area contributed by atoms with Crippen LogP contribution in [-0.4, -0.2) is 23.1 Å². The zero-order valence-corrected chi connectivity index (χ0v) is 11.8. The number of hydrogen-bond donors (Lipinski definition) is 0. The van der Waals surface area contributed by atoms with Crippen molar-refractivity contribution in [3.8, 4) is 0 Å². The summed E-state index contributed by atoms with van der Waals surface area (Å²) in [5.41, 5.74) is 0. The Hall–Kier alpha value is -0.830. The van der Waals surface area contributed by atoms with Gasteiger partial charge in [-0.3, -0.25) is 0 Å². The first kappa shape index (κ1) is 12.2. The molecule has 1 aromatic rings. The summed E-state index contributed by atoms with van der Waals surface area (Å²) >= 11 is 6.14. The molecule has 98 valence electrons. The highest BCUT2D eigenvalue weighted by Gasteiger charge is 2.29. The van der Waals surface area contributed by atoms with E-state index in [1.807, 2.05) is 6.07 Å². The summed E-state index contributed by atoms with van der Waals surface area (Å²) in [6.45, 7) is 6.80. The Morgan fingerprint density at radius 1 is 1.17 bits per heavy atom. The quantitative estimate of drug-likeness (QED) is 0.767. The fourth-order valence-corrected chi connectivity index (χ4v) is 3.14. The van der Waals surface area contributed by atoms with E-state index < -0.39 is 0 Å². The van der Waals surface area contributed by atoms with E-state index in [0.717, 1.165) is 36.6 Å². The second kappa shape index (κ2) is 4.69. The van der Waals surface area contributed by atoms with Gasteiger partial charge in [0, 0.05) is 25.1 Å². The Labute approximate surface area is 114 Å². The van der Waals surface area contributed by atoms with E-state index in [1.165, 1.54) is 19.3 Å². The third kappa shape index (κ3) is 2.61. The number of anilines is 1. The monoisotopic (exact) mass is 265 g/mol. The molecule has 18 heavy (non-hydrogen) atoms. The molecule has 0 aromatic carbocycles. The molecule has 1 saturated heterocycles. The Kier molecular flexibility index (Phi) is 3.18. The van der Waals surface area contributed by atoms with Gasteiger partial charge in [0.25, 0.3) is 0 Å². The first-order chi connectivity index (χ1) is 8.61. The van der Waals surface area contributed by atoms with Gasteiger partial charge in [0.1, 0.15) is 16.8 Å². The maximum absolute atomic E-state index is 6.14. The van der Waals surface area contributed by atoms with Crippen molar-refractivity contribution in [2.24, 2.45) is 11.8 Å². The minimum Gasteiger partial charge on any atom is -0.356 e. The molecular weight excluding hydrogens is 246 g/mol. The molecular formula is C14H20ClN3. The molecule has 4 heteroatoms. The number of nitrogens with zero attached hydrogens (tertiary/aromatic N) is 3. The summed E-state index contributed by atoms with van der Waals surface area (Å²) in [5.74, 6) is 3.99. The van der Waals surface area contributed by atoms with E-state index in [9.17, 15) is 0 Å². The Balaban J connectivity index is 1.86. The van der Waals surface area contributed by atoms with Crippen LogP contribution in [0.2, 0.25) is 5.15 Å². The van der Waals surface area contributed by atoms with Crippen molar-refractivity contribution in [1.29, 1.82) is 0 Å². The van der Waals surface area contributed by atoms with Crippen molar-refractivity contribution in [1.82, 2.24) is 9.97 Å². The molecule has 2 heterocycles. The fraction of sp³-hybridized carbons (Fsp3) is 0.714. The van der Waals surface area contributed by atoms with Crippen LogP contribution in [0.4, 0.5) is 5.82 Å². The molecule has 1 aliphatic heterocycles. The zero-order valence-electron chi connectivity index (χ0n) is 11.1. The lowest BCUT2D eigenvalue weighted by atomic mass is 9.92. The van der Waals surface area contributed by atoms with E-state index in [-0.39, 0.29) is 0 Å². The number of halogens is 1. The Morgan fingerprint density at radius 2 is 1.83 bits per heavy atom. The number of hydrogen-bond acceptors (Lipinski definition) is 3. The second-order valence-electron chi connectivity index (χ2n) is 6.03. The lowest BCUT2D eigenvalue weighted by Gasteiger charge is -2.35. The molecule has 3 nitrogen and oxygen atoms in total. The van der Waals surface area contributed by atoms with Crippen LogP contribution in [-0.2, 0) is 0 Å².